The average molecular weight is 328 g/mol. The third kappa shape index (κ3) is 2.55. The third-order valence-electron chi connectivity index (χ3n) is 4.24. The van der Waals surface area contributed by atoms with Crippen LogP contribution in [-0.2, 0) is 4.79 Å². The van der Waals surface area contributed by atoms with E-state index in [1.54, 1.807) is 26.2 Å². The van der Waals surface area contributed by atoms with Gasteiger partial charge in [0.2, 0.25) is 5.91 Å². The molecule has 2 aromatic carbocycles. The van der Waals surface area contributed by atoms with Crippen molar-refractivity contribution in [3.8, 4) is 17.2 Å². The number of anilines is 1. The molecule has 1 fully saturated rings. The van der Waals surface area contributed by atoms with E-state index in [2.05, 4.69) is 0 Å². The number of amides is 1. The molecular weight excluding hydrogens is 308 g/mol. The molecule has 0 aliphatic carbocycles. The van der Waals surface area contributed by atoms with Crippen molar-refractivity contribution in [2.45, 2.75) is 12.1 Å². The molecule has 0 unspecified atom stereocenters. The number of carbonyl (C=O) groups excluding carboxylic acids is 1. The quantitative estimate of drug-likeness (QED) is 0.851. The van der Waals surface area contributed by atoms with Gasteiger partial charge >= 0.3 is 0 Å². The summed E-state index contributed by atoms with van der Waals surface area (Å²) in [7, 11) is 4.76. The number of hydrogen-bond donors (Lipinski definition) is 1. The predicted molar refractivity (Wildman–Crippen MR) is 90.7 cm³/mol. The summed E-state index contributed by atoms with van der Waals surface area (Å²) in [5.41, 5.74) is 7.73. The number of methoxy groups -OCH3 is 3. The third-order valence-corrected chi connectivity index (χ3v) is 4.24. The van der Waals surface area contributed by atoms with Crippen LogP contribution in [0.15, 0.2) is 42.5 Å². The van der Waals surface area contributed by atoms with Gasteiger partial charge in [-0.1, -0.05) is 6.07 Å². The zero-order valence-electron chi connectivity index (χ0n) is 13.9. The van der Waals surface area contributed by atoms with Crippen LogP contribution < -0.4 is 24.8 Å². The number of hydrogen-bond acceptors (Lipinski definition) is 5. The Labute approximate surface area is 140 Å². The Balaban J connectivity index is 1.94. The minimum atomic E-state index is -0.579. The Morgan fingerprint density at radius 3 is 2.17 bits per heavy atom. The first-order valence-electron chi connectivity index (χ1n) is 7.55. The van der Waals surface area contributed by atoms with Crippen molar-refractivity contribution in [2.24, 2.45) is 5.73 Å². The number of carbonyl (C=O) groups is 1. The van der Waals surface area contributed by atoms with Crippen LogP contribution in [0.4, 0.5) is 5.69 Å². The van der Waals surface area contributed by atoms with E-state index in [9.17, 15) is 4.79 Å². The molecule has 0 bridgehead atoms. The van der Waals surface area contributed by atoms with Gasteiger partial charge in [0.05, 0.1) is 27.4 Å². The lowest BCUT2D eigenvalue weighted by molar-refractivity contribution is -0.126. The van der Waals surface area contributed by atoms with Gasteiger partial charge in [-0.25, -0.2) is 0 Å². The van der Waals surface area contributed by atoms with E-state index in [-0.39, 0.29) is 11.9 Å². The van der Waals surface area contributed by atoms with Crippen molar-refractivity contribution < 1.29 is 19.0 Å². The van der Waals surface area contributed by atoms with Crippen molar-refractivity contribution in [3.63, 3.8) is 0 Å². The second-order valence-corrected chi connectivity index (χ2v) is 5.49. The van der Waals surface area contributed by atoms with Gasteiger partial charge in [-0.05, 0) is 42.0 Å². The average Bonchev–Trinajstić information content (AvgIpc) is 2.64. The van der Waals surface area contributed by atoms with Gasteiger partial charge in [-0.3, -0.25) is 4.79 Å². The lowest BCUT2D eigenvalue weighted by atomic mass is 9.88. The fraction of sp³-hybridized carbons (Fsp3) is 0.278. The highest BCUT2D eigenvalue weighted by molar-refractivity contribution is 6.05. The number of rotatable bonds is 5. The zero-order valence-corrected chi connectivity index (χ0v) is 13.9. The summed E-state index contributed by atoms with van der Waals surface area (Å²) < 4.78 is 15.8. The first-order valence-corrected chi connectivity index (χ1v) is 7.55. The summed E-state index contributed by atoms with van der Waals surface area (Å²) in [6, 6.07) is 12.1. The maximum Gasteiger partial charge on any atom is 0.247 e. The SMILES string of the molecule is COc1ccc(N2C(=O)[C@@H](N)[C@@H]2c2ccc(OC)c(OC)c2)cc1. The zero-order chi connectivity index (χ0) is 17.3. The molecule has 2 aromatic rings. The highest BCUT2D eigenvalue weighted by atomic mass is 16.5. The molecule has 0 spiro atoms. The van der Waals surface area contributed by atoms with Crippen LogP contribution in [0.5, 0.6) is 17.2 Å². The van der Waals surface area contributed by atoms with Crippen LogP contribution in [0.3, 0.4) is 0 Å². The molecule has 1 saturated heterocycles. The highest BCUT2D eigenvalue weighted by Gasteiger charge is 2.46. The number of ether oxygens (including phenoxy) is 3. The molecule has 2 N–H and O–H groups in total. The normalized spacial score (nSPS) is 19.7. The molecule has 0 radical (unpaired) electrons. The van der Waals surface area contributed by atoms with E-state index >= 15 is 0 Å². The largest absolute Gasteiger partial charge is 0.497 e. The Morgan fingerprint density at radius 2 is 1.58 bits per heavy atom. The van der Waals surface area contributed by atoms with E-state index in [1.165, 1.54) is 0 Å². The van der Waals surface area contributed by atoms with E-state index in [4.69, 9.17) is 19.9 Å². The minimum Gasteiger partial charge on any atom is -0.497 e. The predicted octanol–water partition coefficient (Wildman–Crippen LogP) is 2.13. The maximum absolute atomic E-state index is 12.3. The van der Waals surface area contributed by atoms with Gasteiger partial charge in [0.25, 0.3) is 0 Å². The topological polar surface area (TPSA) is 74.0 Å². The second kappa shape index (κ2) is 6.41. The number of nitrogens with two attached hydrogens (primary N) is 1. The summed E-state index contributed by atoms with van der Waals surface area (Å²) in [5.74, 6) is 1.87. The lowest BCUT2D eigenvalue weighted by Gasteiger charge is -2.45. The number of nitrogens with zero attached hydrogens (tertiary/aromatic N) is 1. The molecule has 6 heteroatoms. The van der Waals surface area contributed by atoms with Crippen molar-refractivity contribution in [3.05, 3.63) is 48.0 Å². The molecule has 0 aromatic heterocycles. The maximum atomic E-state index is 12.3. The Hall–Kier alpha value is -2.73. The molecule has 1 heterocycles. The van der Waals surface area contributed by atoms with Gasteiger partial charge in [0, 0.05) is 5.69 Å². The van der Waals surface area contributed by atoms with Gasteiger partial charge < -0.3 is 24.8 Å². The van der Waals surface area contributed by atoms with Crippen molar-refractivity contribution in [1.82, 2.24) is 0 Å². The van der Waals surface area contributed by atoms with Crippen LogP contribution in [0.1, 0.15) is 11.6 Å². The van der Waals surface area contributed by atoms with Gasteiger partial charge in [-0.15, -0.1) is 0 Å². The summed E-state index contributed by atoms with van der Waals surface area (Å²) >= 11 is 0. The van der Waals surface area contributed by atoms with Crippen molar-refractivity contribution in [2.75, 3.05) is 26.2 Å². The smallest absolute Gasteiger partial charge is 0.247 e. The fourth-order valence-corrected chi connectivity index (χ4v) is 2.94. The summed E-state index contributed by atoms with van der Waals surface area (Å²) in [5, 5.41) is 0. The molecule has 24 heavy (non-hydrogen) atoms. The molecule has 0 saturated carbocycles. The number of benzene rings is 2. The van der Waals surface area contributed by atoms with Gasteiger partial charge in [0.15, 0.2) is 11.5 Å². The monoisotopic (exact) mass is 328 g/mol. The standard InChI is InChI=1S/C18H20N2O4/c1-22-13-7-5-12(6-8-13)20-17(16(19)18(20)21)11-4-9-14(23-2)15(10-11)24-3/h4-10,16-17H,19H2,1-3H3/t16-,17-/m0/s1. The molecule has 6 nitrogen and oxygen atoms in total. The van der Waals surface area contributed by atoms with E-state index in [1.807, 2.05) is 42.5 Å². The molecule has 1 aliphatic heterocycles. The van der Waals surface area contributed by atoms with Crippen LogP contribution in [-0.4, -0.2) is 33.3 Å². The van der Waals surface area contributed by atoms with Gasteiger partial charge in [-0.2, -0.15) is 0 Å². The van der Waals surface area contributed by atoms with Crippen LogP contribution >= 0.6 is 0 Å². The van der Waals surface area contributed by atoms with Crippen LogP contribution in [0.25, 0.3) is 0 Å². The van der Waals surface area contributed by atoms with Crippen LogP contribution in [0, 0.1) is 0 Å². The van der Waals surface area contributed by atoms with Crippen LogP contribution in [0.2, 0.25) is 0 Å². The summed E-state index contributed by atoms with van der Waals surface area (Å²) in [6.07, 6.45) is 0. The molecule has 1 amide bonds. The Kier molecular flexibility index (Phi) is 4.31. The summed E-state index contributed by atoms with van der Waals surface area (Å²) in [6.45, 7) is 0. The Bertz CT molecular complexity index is 745. The molecule has 1 aliphatic rings. The molecular formula is C18H20N2O4. The first-order chi connectivity index (χ1) is 11.6. The highest BCUT2D eigenvalue weighted by Crippen LogP contribution is 2.41. The second-order valence-electron chi connectivity index (χ2n) is 5.49. The van der Waals surface area contributed by atoms with E-state index in [0.717, 1.165) is 17.0 Å². The van der Waals surface area contributed by atoms with E-state index in [0.29, 0.717) is 11.5 Å². The molecule has 2 atom stereocenters. The lowest BCUT2D eigenvalue weighted by Crippen LogP contribution is -2.63. The minimum absolute atomic E-state index is 0.111. The first kappa shape index (κ1) is 16.1. The van der Waals surface area contributed by atoms with Crippen molar-refractivity contribution >= 4 is 11.6 Å². The summed E-state index contributed by atoms with van der Waals surface area (Å²) in [4.78, 5) is 14.0. The van der Waals surface area contributed by atoms with E-state index < -0.39 is 6.04 Å². The molecule has 3 rings (SSSR count). The number of β-lactam (4-membered cyclic amide) rings is 1. The Morgan fingerprint density at radius 1 is 0.917 bits per heavy atom. The molecule has 126 valence electrons. The van der Waals surface area contributed by atoms with Crippen molar-refractivity contribution in [1.29, 1.82) is 0 Å². The fourth-order valence-electron chi connectivity index (χ4n) is 2.94. The van der Waals surface area contributed by atoms with Gasteiger partial charge in [0.1, 0.15) is 11.8 Å².